The van der Waals surface area contributed by atoms with Gasteiger partial charge < -0.3 is 24.5 Å². The maximum atomic E-state index is 13.1. The lowest BCUT2D eigenvalue weighted by atomic mass is 10.1. The molecule has 180 valence electrons. The Labute approximate surface area is 203 Å². The fraction of sp³-hybridized carbons (Fsp3) is 0.185. The molecule has 0 aliphatic carbocycles. The van der Waals surface area contributed by atoms with Gasteiger partial charge in [0.1, 0.15) is 5.75 Å². The SMILES string of the molecule is COc1ccccc1NC(=NCCc1c[nH]c2ccccc12)NC(=O)c1ccc(OC)c(OC)c1. The third-order valence-corrected chi connectivity index (χ3v) is 5.56. The average Bonchev–Trinajstić information content (AvgIpc) is 3.31. The molecule has 3 N–H and O–H groups in total. The van der Waals surface area contributed by atoms with Crippen molar-refractivity contribution < 1.29 is 19.0 Å². The zero-order valence-electron chi connectivity index (χ0n) is 19.9. The van der Waals surface area contributed by atoms with Gasteiger partial charge in [0, 0.05) is 29.2 Å². The van der Waals surface area contributed by atoms with E-state index in [0.29, 0.717) is 47.4 Å². The topological polar surface area (TPSA) is 97.0 Å². The van der Waals surface area contributed by atoms with Crippen molar-refractivity contribution in [2.75, 3.05) is 33.2 Å². The third-order valence-electron chi connectivity index (χ3n) is 5.56. The standard InChI is InChI=1S/C27H28N4O4/c1-33-23-11-7-6-10-22(23)30-27(28-15-14-19-17-29-21-9-5-4-8-20(19)21)31-26(32)18-12-13-24(34-2)25(16-18)35-3/h4-13,16-17,29H,14-15H2,1-3H3,(H2,28,30,31,32). The summed E-state index contributed by atoms with van der Waals surface area (Å²) in [5, 5.41) is 7.24. The number of guanidine groups is 1. The number of carbonyl (C=O) groups is 1. The Morgan fingerprint density at radius 2 is 1.63 bits per heavy atom. The van der Waals surface area contributed by atoms with Crippen LogP contribution in [0.4, 0.5) is 5.69 Å². The van der Waals surface area contributed by atoms with E-state index in [1.807, 2.05) is 48.7 Å². The summed E-state index contributed by atoms with van der Waals surface area (Å²) >= 11 is 0. The Bertz CT molecular complexity index is 1350. The van der Waals surface area contributed by atoms with Crippen LogP contribution in [0, 0.1) is 0 Å². The lowest BCUT2D eigenvalue weighted by molar-refractivity contribution is 0.0976. The van der Waals surface area contributed by atoms with Crippen LogP contribution in [0.25, 0.3) is 10.9 Å². The van der Waals surface area contributed by atoms with E-state index >= 15 is 0 Å². The number of ether oxygens (including phenoxy) is 3. The molecule has 0 spiro atoms. The van der Waals surface area contributed by atoms with Crippen LogP contribution in [0.3, 0.4) is 0 Å². The highest BCUT2D eigenvalue weighted by Gasteiger charge is 2.14. The maximum Gasteiger partial charge on any atom is 0.258 e. The Hall–Kier alpha value is -4.46. The van der Waals surface area contributed by atoms with Crippen molar-refractivity contribution in [2.45, 2.75) is 6.42 Å². The van der Waals surface area contributed by atoms with Gasteiger partial charge in [-0.25, -0.2) is 0 Å². The molecule has 3 aromatic carbocycles. The van der Waals surface area contributed by atoms with E-state index in [0.717, 1.165) is 16.5 Å². The van der Waals surface area contributed by atoms with E-state index < -0.39 is 0 Å². The Morgan fingerprint density at radius 3 is 2.43 bits per heavy atom. The fourth-order valence-corrected chi connectivity index (χ4v) is 3.77. The van der Waals surface area contributed by atoms with Crippen molar-refractivity contribution in [1.82, 2.24) is 10.3 Å². The first-order valence-electron chi connectivity index (χ1n) is 11.2. The van der Waals surface area contributed by atoms with Crippen LogP contribution in [0.5, 0.6) is 17.2 Å². The molecule has 0 atom stereocenters. The second-order valence-electron chi connectivity index (χ2n) is 7.69. The number of anilines is 1. The Balaban J connectivity index is 1.56. The number of aliphatic imine (C=N–C) groups is 1. The summed E-state index contributed by atoms with van der Waals surface area (Å²) in [6.07, 6.45) is 2.70. The van der Waals surface area contributed by atoms with E-state index in [2.05, 4.69) is 26.7 Å². The molecule has 0 fully saturated rings. The summed E-state index contributed by atoms with van der Waals surface area (Å²) < 4.78 is 16.0. The van der Waals surface area contributed by atoms with Crippen LogP contribution in [0.15, 0.2) is 77.9 Å². The summed E-state index contributed by atoms with van der Waals surface area (Å²) in [6.45, 7) is 0.464. The van der Waals surface area contributed by atoms with Crippen molar-refractivity contribution in [3.8, 4) is 17.2 Å². The predicted octanol–water partition coefficient (Wildman–Crippen LogP) is 4.63. The first kappa shape index (κ1) is 23.7. The lowest BCUT2D eigenvalue weighted by Crippen LogP contribution is -2.36. The zero-order valence-corrected chi connectivity index (χ0v) is 19.9. The number of aromatic amines is 1. The van der Waals surface area contributed by atoms with E-state index in [4.69, 9.17) is 14.2 Å². The van der Waals surface area contributed by atoms with Gasteiger partial charge in [0.15, 0.2) is 11.5 Å². The molecular formula is C27H28N4O4. The number of nitrogens with one attached hydrogen (secondary N) is 3. The number of para-hydroxylation sites is 3. The fourth-order valence-electron chi connectivity index (χ4n) is 3.77. The quantitative estimate of drug-likeness (QED) is 0.257. The molecule has 0 aliphatic rings. The monoisotopic (exact) mass is 472 g/mol. The number of fused-ring (bicyclic) bond motifs is 1. The van der Waals surface area contributed by atoms with Gasteiger partial charge in [-0.05, 0) is 48.4 Å². The second kappa shape index (κ2) is 11.1. The number of rotatable bonds is 8. The van der Waals surface area contributed by atoms with Crippen LogP contribution < -0.4 is 24.8 Å². The highest BCUT2D eigenvalue weighted by molar-refractivity contribution is 6.10. The summed E-state index contributed by atoms with van der Waals surface area (Å²) in [6, 6.07) is 20.6. The minimum atomic E-state index is -0.334. The van der Waals surface area contributed by atoms with Gasteiger partial charge in [-0.1, -0.05) is 30.3 Å². The number of methoxy groups -OCH3 is 3. The molecule has 0 unspecified atom stereocenters. The number of carbonyl (C=O) groups excluding carboxylic acids is 1. The maximum absolute atomic E-state index is 13.1. The minimum Gasteiger partial charge on any atom is -0.495 e. The molecular weight excluding hydrogens is 444 g/mol. The summed E-state index contributed by atoms with van der Waals surface area (Å²) in [4.78, 5) is 21.0. The molecule has 1 amide bonds. The van der Waals surface area contributed by atoms with Crippen molar-refractivity contribution in [2.24, 2.45) is 4.99 Å². The number of hydrogen-bond donors (Lipinski definition) is 3. The van der Waals surface area contributed by atoms with Crippen LogP contribution in [-0.2, 0) is 6.42 Å². The number of hydrogen-bond acceptors (Lipinski definition) is 5. The number of aromatic nitrogens is 1. The lowest BCUT2D eigenvalue weighted by Gasteiger charge is -2.15. The smallest absolute Gasteiger partial charge is 0.258 e. The first-order chi connectivity index (χ1) is 17.1. The van der Waals surface area contributed by atoms with Crippen LogP contribution in [-0.4, -0.2) is 44.7 Å². The summed E-state index contributed by atoms with van der Waals surface area (Å²) in [5.74, 6) is 1.63. The summed E-state index contributed by atoms with van der Waals surface area (Å²) in [7, 11) is 4.67. The number of nitrogens with zero attached hydrogens (tertiary/aromatic N) is 1. The molecule has 0 saturated heterocycles. The van der Waals surface area contributed by atoms with E-state index in [1.54, 1.807) is 32.4 Å². The van der Waals surface area contributed by atoms with Crippen molar-refractivity contribution in [3.63, 3.8) is 0 Å². The van der Waals surface area contributed by atoms with Crippen molar-refractivity contribution in [3.05, 3.63) is 84.1 Å². The molecule has 0 saturated carbocycles. The van der Waals surface area contributed by atoms with Gasteiger partial charge in [0.05, 0.1) is 27.0 Å². The molecule has 8 nitrogen and oxygen atoms in total. The average molecular weight is 473 g/mol. The highest BCUT2D eigenvalue weighted by atomic mass is 16.5. The van der Waals surface area contributed by atoms with Gasteiger partial charge in [-0.15, -0.1) is 0 Å². The van der Waals surface area contributed by atoms with Gasteiger partial charge >= 0.3 is 0 Å². The van der Waals surface area contributed by atoms with Crippen LogP contribution >= 0.6 is 0 Å². The number of benzene rings is 3. The van der Waals surface area contributed by atoms with Gasteiger partial charge in [0.2, 0.25) is 5.96 Å². The first-order valence-corrected chi connectivity index (χ1v) is 11.2. The van der Waals surface area contributed by atoms with Gasteiger partial charge in [-0.2, -0.15) is 0 Å². The molecule has 35 heavy (non-hydrogen) atoms. The number of amides is 1. The second-order valence-corrected chi connectivity index (χ2v) is 7.69. The number of H-pyrrole nitrogens is 1. The predicted molar refractivity (Wildman–Crippen MR) is 138 cm³/mol. The summed E-state index contributed by atoms with van der Waals surface area (Å²) in [5.41, 5.74) is 3.34. The van der Waals surface area contributed by atoms with Gasteiger partial charge in [0.25, 0.3) is 5.91 Å². The van der Waals surface area contributed by atoms with Gasteiger partial charge in [-0.3, -0.25) is 15.1 Å². The van der Waals surface area contributed by atoms with E-state index in [1.165, 1.54) is 7.11 Å². The molecule has 8 heteroatoms. The largest absolute Gasteiger partial charge is 0.495 e. The molecule has 4 aromatic rings. The van der Waals surface area contributed by atoms with E-state index in [9.17, 15) is 4.79 Å². The third kappa shape index (κ3) is 5.55. The van der Waals surface area contributed by atoms with Crippen LogP contribution in [0.2, 0.25) is 0 Å². The molecule has 0 radical (unpaired) electrons. The Kier molecular flexibility index (Phi) is 7.52. The Morgan fingerprint density at radius 1 is 0.886 bits per heavy atom. The molecule has 1 heterocycles. The van der Waals surface area contributed by atoms with Crippen molar-refractivity contribution >= 4 is 28.5 Å². The molecule has 4 rings (SSSR count). The molecule has 0 bridgehead atoms. The van der Waals surface area contributed by atoms with Crippen molar-refractivity contribution in [1.29, 1.82) is 0 Å². The van der Waals surface area contributed by atoms with E-state index in [-0.39, 0.29) is 5.91 Å². The normalized spacial score (nSPS) is 11.2. The molecule has 0 aliphatic heterocycles. The zero-order chi connectivity index (χ0) is 24.6. The minimum absolute atomic E-state index is 0.314. The van der Waals surface area contributed by atoms with Crippen LogP contribution in [0.1, 0.15) is 15.9 Å². The molecule has 1 aromatic heterocycles. The highest BCUT2D eigenvalue weighted by Crippen LogP contribution is 2.27.